The van der Waals surface area contributed by atoms with Crippen LogP contribution in [0, 0.1) is 0 Å². The van der Waals surface area contributed by atoms with Crippen molar-refractivity contribution in [3.05, 3.63) is 100 Å². The second-order valence-corrected chi connectivity index (χ2v) is 6.64. The van der Waals surface area contributed by atoms with E-state index in [2.05, 4.69) is 63.7 Å². The lowest BCUT2D eigenvalue weighted by atomic mass is 10.1. The molecule has 0 heterocycles. The number of hydrogen-bond acceptors (Lipinski definition) is 0. The molecule has 0 fully saturated rings. The van der Waals surface area contributed by atoms with Crippen LogP contribution in [-0.2, 0) is 0 Å². The molecule has 0 aromatic heterocycles. The van der Waals surface area contributed by atoms with Crippen molar-refractivity contribution in [3.63, 3.8) is 0 Å². The predicted octanol–water partition coefficient (Wildman–Crippen LogP) is -0.575. The smallest absolute Gasteiger partial charge is 0.139 e. The van der Waals surface area contributed by atoms with Crippen molar-refractivity contribution in [2.45, 2.75) is 0 Å². The molecule has 0 radical (unpaired) electrons. The van der Waals surface area contributed by atoms with Crippen LogP contribution in [0.25, 0.3) is 0 Å². The zero-order chi connectivity index (χ0) is 19.5. The molecule has 0 aliphatic heterocycles. The lowest BCUT2D eigenvalue weighted by Gasteiger charge is -2.39. The third kappa shape index (κ3) is 6.25. The van der Waals surface area contributed by atoms with Gasteiger partial charge in [-0.15, -0.1) is 0 Å². The Morgan fingerprint density at radius 3 is 1.00 bits per heavy atom. The first-order chi connectivity index (χ1) is 12.6. The summed E-state index contributed by atoms with van der Waals surface area (Å²) in [4.78, 5) is 0. The summed E-state index contributed by atoms with van der Waals surface area (Å²) in [5, 5.41) is 0. The van der Waals surface area contributed by atoms with Gasteiger partial charge < -0.3 is 9.41 Å². The zero-order valence-electron chi connectivity index (χ0n) is 16.9. The summed E-state index contributed by atoms with van der Waals surface area (Å²) in [6.07, 6.45) is 11.8. The number of nitrogens with zero attached hydrogens (tertiary/aromatic N) is 2. The molecule has 0 bridgehead atoms. The van der Waals surface area contributed by atoms with Crippen LogP contribution in [0.15, 0.2) is 100 Å². The van der Waals surface area contributed by atoms with E-state index in [0.717, 1.165) is 48.2 Å². The molecule has 1 aromatic rings. The van der Waals surface area contributed by atoms with Gasteiger partial charge in [0.05, 0.1) is 6.07 Å². The van der Waals surface area contributed by atoms with Crippen molar-refractivity contribution in [2.75, 3.05) is 39.3 Å². The molecule has 28 heavy (non-hydrogen) atoms. The maximum absolute atomic E-state index is 3.97. The molecule has 0 saturated heterocycles. The van der Waals surface area contributed by atoms with Crippen molar-refractivity contribution in [1.29, 1.82) is 0 Å². The first-order valence-corrected chi connectivity index (χ1v) is 9.06. The van der Waals surface area contributed by atoms with E-state index >= 15 is 0 Å². The van der Waals surface area contributed by atoms with Crippen molar-refractivity contribution >= 4 is 11.4 Å². The number of halogens is 2. The molecule has 0 spiro atoms. The summed E-state index contributed by atoms with van der Waals surface area (Å²) in [6.45, 7) is 28.8. The summed E-state index contributed by atoms with van der Waals surface area (Å²) < 4.78 is 1.47. The maximum atomic E-state index is 3.97. The van der Waals surface area contributed by atoms with Gasteiger partial charge in [-0.3, -0.25) is 8.97 Å². The Morgan fingerprint density at radius 2 is 0.786 bits per heavy atom. The van der Waals surface area contributed by atoms with Gasteiger partial charge in [0, 0.05) is 0 Å². The Bertz CT molecular complexity index is 558. The zero-order valence-corrected chi connectivity index (χ0v) is 16.9. The molecular weight excluding hydrogens is 354 g/mol. The highest BCUT2D eigenvalue weighted by molar-refractivity contribution is 5.57. The van der Waals surface area contributed by atoms with Gasteiger partial charge in [0.1, 0.15) is 50.6 Å². The van der Waals surface area contributed by atoms with Crippen molar-refractivity contribution < 1.29 is 9.41 Å². The first kappa shape index (κ1) is 27.7. The van der Waals surface area contributed by atoms with E-state index in [9.17, 15) is 0 Å². The van der Waals surface area contributed by atoms with Gasteiger partial charge in [-0.1, -0.05) is 45.5 Å². The van der Waals surface area contributed by atoms with E-state index in [-0.39, 0.29) is 9.41 Å². The third-order valence-electron chi connectivity index (χ3n) is 4.80. The van der Waals surface area contributed by atoms with E-state index in [4.69, 9.17) is 0 Å². The Balaban J connectivity index is 0. The molecule has 0 N–H and O–H groups in total. The lowest BCUT2D eigenvalue weighted by Crippen LogP contribution is -3.00. The fourth-order valence-electron chi connectivity index (χ4n) is 3.65. The van der Waals surface area contributed by atoms with Gasteiger partial charge in [0.15, 0.2) is 0 Å². The van der Waals surface area contributed by atoms with E-state index in [1.807, 2.05) is 36.5 Å². The van der Waals surface area contributed by atoms with Crippen LogP contribution in [0.2, 0.25) is 0 Å². The van der Waals surface area contributed by atoms with Crippen LogP contribution in [0.3, 0.4) is 0 Å². The second kappa shape index (κ2) is 13.6. The fraction of sp³-hybridized carbons (Fsp3) is 0.250. The normalized spacial score (nSPS) is 10.6. The number of benzene rings is 1. The largest absolute Gasteiger partial charge is 1.00 e. The van der Waals surface area contributed by atoms with E-state index in [1.54, 1.807) is 0 Å². The van der Waals surface area contributed by atoms with Gasteiger partial charge in [-0.25, -0.2) is 0 Å². The molecule has 0 aliphatic carbocycles. The first-order valence-electron chi connectivity index (χ1n) is 9.06. The SMILES string of the molecule is C=CC[N+](CC=C)(CC=C)c1cccc([N+](CC=C)(CC=C)CC=C)c1.[F-].[F-]. The van der Waals surface area contributed by atoms with E-state index < -0.39 is 0 Å². The molecule has 0 unspecified atom stereocenters. The van der Waals surface area contributed by atoms with Gasteiger partial charge in [0.2, 0.25) is 0 Å². The molecule has 0 amide bonds. The Kier molecular flexibility index (Phi) is 13.4. The highest BCUT2D eigenvalue weighted by atomic mass is 19.0. The Hall–Kier alpha value is -2.56. The molecule has 2 nitrogen and oxygen atoms in total. The molecule has 1 aromatic carbocycles. The van der Waals surface area contributed by atoms with Gasteiger partial charge >= 0.3 is 0 Å². The minimum absolute atomic E-state index is 0. The highest BCUT2D eigenvalue weighted by Crippen LogP contribution is 2.32. The van der Waals surface area contributed by atoms with Crippen LogP contribution in [-0.4, -0.2) is 39.3 Å². The molecule has 4 heteroatoms. The molecule has 154 valence electrons. The summed E-state index contributed by atoms with van der Waals surface area (Å²) >= 11 is 0. The quantitative estimate of drug-likeness (QED) is 0.296. The van der Waals surface area contributed by atoms with Crippen LogP contribution >= 0.6 is 0 Å². The number of hydrogen-bond donors (Lipinski definition) is 0. The average molecular weight is 389 g/mol. The van der Waals surface area contributed by atoms with Crippen molar-refractivity contribution in [1.82, 2.24) is 8.97 Å². The molecule has 0 aliphatic rings. The van der Waals surface area contributed by atoms with E-state index in [0.29, 0.717) is 0 Å². The van der Waals surface area contributed by atoms with Crippen LogP contribution in [0.5, 0.6) is 0 Å². The average Bonchev–Trinajstić information content (AvgIpc) is 2.63. The Labute approximate surface area is 169 Å². The van der Waals surface area contributed by atoms with Crippen molar-refractivity contribution in [2.24, 2.45) is 0 Å². The monoisotopic (exact) mass is 388 g/mol. The van der Waals surface area contributed by atoms with Crippen LogP contribution in [0.1, 0.15) is 0 Å². The van der Waals surface area contributed by atoms with Gasteiger partial charge in [-0.2, -0.15) is 0 Å². The molecular formula is C24H34F2N2. The third-order valence-corrected chi connectivity index (χ3v) is 4.80. The lowest BCUT2D eigenvalue weighted by molar-refractivity contribution is -0.001000. The highest BCUT2D eigenvalue weighted by Gasteiger charge is 2.32. The topological polar surface area (TPSA) is 0 Å². The molecule has 1 rings (SSSR count). The van der Waals surface area contributed by atoms with Crippen molar-refractivity contribution in [3.8, 4) is 0 Å². The Morgan fingerprint density at radius 1 is 0.536 bits per heavy atom. The summed E-state index contributed by atoms with van der Waals surface area (Å²) in [7, 11) is 0. The van der Waals surface area contributed by atoms with Gasteiger partial charge in [-0.05, 0) is 48.6 Å². The number of rotatable bonds is 14. The molecule has 0 saturated carbocycles. The second-order valence-electron chi connectivity index (χ2n) is 6.64. The number of quaternary nitrogens is 2. The van der Waals surface area contributed by atoms with Gasteiger partial charge in [0.25, 0.3) is 0 Å². The minimum Gasteiger partial charge on any atom is -1.00 e. The summed E-state index contributed by atoms with van der Waals surface area (Å²) in [5.74, 6) is 0. The summed E-state index contributed by atoms with van der Waals surface area (Å²) in [5.41, 5.74) is 2.48. The van der Waals surface area contributed by atoms with Crippen LogP contribution < -0.4 is 18.4 Å². The fourth-order valence-corrected chi connectivity index (χ4v) is 3.65. The summed E-state index contributed by atoms with van der Waals surface area (Å²) in [6, 6.07) is 8.80. The standard InChI is InChI=1S/C24H34N2.2FH/c1-7-16-25(17-8-2,18-9-3)23-14-13-15-24(22-23)26(19-10-4,20-11-5)21-12-6;;/h7-15,22H,1-6,16-21H2;2*1H/q+2;;/p-2. The maximum Gasteiger partial charge on any atom is 0.139 e. The van der Waals surface area contributed by atoms with Crippen LogP contribution in [0.4, 0.5) is 11.4 Å². The predicted molar refractivity (Wildman–Crippen MR) is 120 cm³/mol. The molecule has 0 atom stereocenters. The minimum atomic E-state index is 0. The van der Waals surface area contributed by atoms with E-state index in [1.165, 1.54) is 11.4 Å².